The number of carboxylic acid groups (broad SMARTS) is 1. The van der Waals surface area contributed by atoms with Crippen molar-refractivity contribution in [3.63, 3.8) is 0 Å². The van der Waals surface area contributed by atoms with Gasteiger partial charge >= 0.3 is 30.2 Å². The number of carboxylic acids is 1. The average Bonchev–Trinajstić information content (AvgIpc) is 2.24. The summed E-state index contributed by atoms with van der Waals surface area (Å²) in [6, 6.07) is 0. The van der Waals surface area contributed by atoms with Gasteiger partial charge < -0.3 is 5.11 Å². The summed E-state index contributed by atoms with van der Waals surface area (Å²) in [5, 5.41) is 8.52. The van der Waals surface area contributed by atoms with E-state index in [2.05, 4.69) is 0 Å². The second-order valence-corrected chi connectivity index (χ2v) is 6.74. The standard InChI is InChI=1S/C9H6F11IO2/c1-5(21,4(22)23)2(7(13,14)15)3(10)6(11,12)8(16,17)9(18,19)20/h2-3H,1H3,(H,22,23). The van der Waals surface area contributed by atoms with Crippen LogP contribution >= 0.6 is 22.6 Å². The van der Waals surface area contributed by atoms with Crippen molar-refractivity contribution in [2.24, 2.45) is 5.92 Å². The molecule has 23 heavy (non-hydrogen) atoms. The van der Waals surface area contributed by atoms with Gasteiger partial charge in [0.05, 0.1) is 0 Å². The van der Waals surface area contributed by atoms with Crippen LogP contribution in [0.25, 0.3) is 0 Å². The summed E-state index contributed by atoms with van der Waals surface area (Å²) >= 11 is 0.338. The van der Waals surface area contributed by atoms with Crippen LogP contribution in [0, 0.1) is 5.92 Å². The van der Waals surface area contributed by atoms with Crippen LogP contribution in [0.15, 0.2) is 0 Å². The molecule has 0 aromatic heterocycles. The largest absolute Gasteiger partial charge is 0.480 e. The first-order valence-electron chi connectivity index (χ1n) is 5.17. The molecule has 0 saturated heterocycles. The SMILES string of the molecule is CC(I)(C(=O)O)C(C(F)C(F)(F)C(F)(F)C(F)(F)F)C(F)(F)F. The molecule has 0 aliphatic rings. The first kappa shape index (κ1) is 22.4. The zero-order chi connectivity index (χ0) is 19.2. The Morgan fingerprint density at radius 2 is 1.30 bits per heavy atom. The number of hydrogen-bond acceptors (Lipinski definition) is 1. The molecule has 0 saturated carbocycles. The quantitative estimate of drug-likeness (QED) is 0.353. The van der Waals surface area contributed by atoms with Crippen LogP contribution in [-0.2, 0) is 4.79 Å². The molecule has 0 aliphatic heterocycles. The second kappa shape index (κ2) is 6.06. The minimum absolute atomic E-state index is 0.0580. The molecule has 14 heteroatoms. The van der Waals surface area contributed by atoms with Crippen molar-refractivity contribution >= 4 is 28.6 Å². The molecule has 0 heterocycles. The molecular weight excluding hydrogens is 476 g/mol. The van der Waals surface area contributed by atoms with Crippen molar-refractivity contribution < 1.29 is 58.2 Å². The van der Waals surface area contributed by atoms with E-state index >= 15 is 0 Å². The highest BCUT2D eigenvalue weighted by Crippen LogP contribution is 2.54. The highest BCUT2D eigenvalue weighted by molar-refractivity contribution is 14.1. The molecule has 0 aromatic carbocycles. The van der Waals surface area contributed by atoms with E-state index in [1.165, 1.54) is 0 Å². The number of halogens is 12. The molecule has 2 nitrogen and oxygen atoms in total. The highest BCUT2D eigenvalue weighted by atomic mass is 127. The van der Waals surface area contributed by atoms with E-state index in [1.54, 1.807) is 0 Å². The topological polar surface area (TPSA) is 37.3 Å². The number of aliphatic carboxylic acids is 1. The number of rotatable bonds is 5. The number of hydrogen-bond donors (Lipinski definition) is 1. The molecular formula is C9H6F11IO2. The van der Waals surface area contributed by atoms with E-state index in [0.717, 1.165) is 0 Å². The van der Waals surface area contributed by atoms with Gasteiger partial charge in [0.1, 0.15) is 9.34 Å². The molecule has 0 amide bonds. The van der Waals surface area contributed by atoms with Crippen molar-refractivity contribution in [2.75, 3.05) is 0 Å². The van der Waals surface area contributed by atoms with E-state index in [0.29, 0.717) is 22.6 Å². The van der Waals surface area contributed by atoms with Crippen molar-refractivity contribution in [1.29, 1.82) is 0 Å². The van der Waals surface area contributed by atoms with E-state index in [9.17, 15) is 53.1 Å². The van der Waals surface area contributed by atoms with Gasteiger partial charge in [-0.1, -0.05) is 22.6 Å². The lowest BCUT2D eigenvalue weighted by Gasteiger charge is -2.38. The lowest BCUT2D eigenvalue weighted by Crippen LogP contribution is -2.63. The summed E-state index contributed by atoms with van der Waals surface area (Å²) in [6.45, 7) is 0.0580. The van der Waals surface area contributed by atoms with Gasteiger partial charge in [0.15, 0.2) is 6.17 Å². The van der Waals surface area contributed by atoms with Gasteiger partial charge in [-0.15, -0.1) is 0 Å². The molecule has 0 fully saturated rings. The summed E-state index contributed by atoms with van der Waals surface area (Å²) < 4.78 is 135. The predicted molar refractivity (Wildman–Crippen MR) is 60.5 cm³/mol. The highest BCUT2D eigenvalue weighted by Gasteiger charge is 2.79. The maximum atomic E-state index is 13.5. The Morgan fingerprint density at radius 1 is 0.957 bits per heavy atom. The van der Waals surface area contributed by atoms with E-state index < -0.39 is 45.7 Å². The molecule has 0 rings (SSSR count). The Hall–Kier alpha value is -0.570. The minimum atomic E-state index is -7.14. The summed E-state index contributed by atoms with van der Waals surface area (Å²) in [5.41, 5.74) is 0. The maximum absolute atomic E-state index is 13.5. The van der Waals surface area contributed by atoms with Crippen molar-refractivity contribution in [3.8, 4) is 0 Å². The molecule has 0 spiro atoms. The van der Waals surface area contributed by atoms with Gasteiger partial charge in [-0.05, 0) is 6.92 Å². The van der Waals surface area contributed by atoms with Crippen LogP contribution < -0.4 is 0 Å². The number of alkyl halides is 12. The van der Waals surface area contributed by atoms with Crippen molar-refractivity contribution in [1.82, 2.24) is 0 Å². The first-order chi connectivity index (χ1) is 9.72. The van der Waals surface area contributed by atoms with Crippen molar-refractivity contribution in [2.45, 2.75) is 40.7 Å². The summed E-state index contributed by atoms with van der Waals surface area (Å²) in [6.07, 6.45) is -18.4. The fourth-order valence-corrected chi connectivity index (χ4v) is 2.12. The Bertz CT molecular complexity index is 453. The second-order valence-electron chi connectivity index (χ2n) is 4.50. The first-order valence-corrected chi connectivity index (χ1v) is 6.25. The monoisotopic (exact) mass is 482 g/mol. The third-order valence-corrected chi connectivity index (χ3v) is 3.90. The molecule has 1 N–H and O–H groups in total. The van der Waals surface area contributed by atoms with Crippen LogP contribution in [0.3, 0.4) is 0 Å². The van der Waals surface area contributed by atoms with E-state index in [-0.39, 0.29) is 6.92 Å². The van der Waals surface area contributed by atoms with Crippen LogP contribution in [0.5, 0.6) is 0 Å². The van der Waals surface area contributed by atoms with Crippen LogP contribution in [0.4, 0.5) is 48.3 Å². The fraction of sp³-hybridized carbons (Fsp3) is 0.889. The maximum Gasteiger partial charge on any atom is 0.459 e. The molecule has 3 unspecified atom stereocenters. The van der Waals surface area contributed by atoms with E-state index in [1.807, 2.05) is 0 Å². The van der Waals surface area contributed by atoms with Crippen LogP contribution in [0.1, 0.15) is 6.92 Å². The van der Waals surface area contributed by atoms with Gasteiger partial charge in [0, 0.05) is 0 Å². The Balaban J connectivity index is 6.20. The zero-order valence-electron chi connectivity index (χ0n) is 10.5. The van der Waals surface area contributed by atoms with Crippen LogP contribution in [-0.4, -0.2) is 44.9 Å². The minimum Gasteiger partial charge on any atom is -0.480 e. The van der Waals surface area contributed by atoms with Gasteiger partial charge in [-0.3, -0.25) is 4.79 Å². The normalized spacial score (nSPS) is 19.9. The Labute approximate surface area is 134 Å². The molecule has 0 bridgehead atoms. The molecule has 0 aromatic rings. The predicted octanol–water partition coefficient (Wildman–Crippen LogP) is 4.61. The summed E-state index contributed by atoms with van der Waals surface area (Å²) in [5.74, 6) is -20.9. The summed E-state index contributed by atoms with van der Waals surface area (Å²) in [7, 11) is 0. The number of carbonyl (C=O) groups is 1. The van der Waals surface area contributed by atoms with E-state index in [4.69, 9.17) is 5.11 Å². The lowest BCUT2D eigenvalue weighted by molar-refractivity contribution is -0.375. The molecule has 0 radical (unpaired) electrons. The zero-order valence-corrected chi connectivity index (χ0v) is 12.7. The van der Waals surface area contributed by atoms with Crippen molar-refractivity contribution in [3.05, 3.63) is 0 Å². The Kier molecular flexibility index (Phi) is 5.91. The molecule has 138 valence electrons. The lowest BCUT2D eigenvalue weighted by atomic mass is 9.84. The fourth-order valence-electron chi connectivity index (χ4n) is 1.45. The van der Waals surface area contributed by atoms with Gasteiger partial charge in [0.2, 0.25) is 0 Å². The summed E-state index contributed by atoms with van der Waals surface area (Å²) in [4.78, 5) is 10.7. The third kappa shape index (κ3) is 3.92. The smallest absolute Gasteiger partial charge is 0.459 e. The molecule has 0 aliphatic carbocycles. The third-order valence-electron chi connectivity index (χ3n) is 2.77. The van der Waals surface area contributed by atoms with Gasteiger partial charge in [0.25, 0.3) is 0 Å². The van der Waals surface area contributed by atoms with Crippen LogP contribution in [0.2, 0.25) is 0 Å². The Morgan fingerprint density at radius 3 is 1.52 bits per heavy atom. The van der Waals surface area contributed by atoms with Gasteiger partial charge in [-0.2, -0.15) is 43.9 Å². The average molecular weight is 482 g/mol. The van der Waals surface area contributed by atoms with Gasteiger partial charge in [-0.25, -0.2) is 4.39 Å². The molecule has 3 atom stereocenters.